The van der Waals surface area contributed by atoms with Crippen molar-refractivity contribution in [2.75, 3.05) is 10.8 Å². The molecule has 4 rings (SSSR count). The lowest BCUT2D eigenvalue weighted by atomic mass is 9.95. The molecule has 7 nitrogen and oxygen atoms in total. The van der Waals surface area contributed by atoms with Crippen LogP contribution in [0.15, 0.2) is 77.7 Å². The molecule has 11 heteroatoms. The van der Waals surface area contributed by atoms with Crippen LogP contribution < -0.4 is 9.62 Å². The van der Waals surface area contributed by atoms with Crippen molar-refractivity contribution in [3.8, 4) is 0 Å². The highest BCUT2D eigenvalue weighted by Gasteiger charge is 2.34. The van der Waals surface area contributed by atoms with Crippen molar-refractivity contribution in [1.29, 1.82) is 0 Å². The van der Waals surface area contributed by atoms with Crippen LogP contribution in [0.2, 0.25) is 10.0 Å². The van der Waals surface area contributed by atoms with Crippen LogP contribution in [0, 0.1) is 5.82 Å². The maximum atomic E-state index is 14.1. The zero-order valence-corrected chi connectivity index (χ0v) is 25.6. The standard InChI is InChI=1S/C31H34Cl2FN3O4S/c1-2-29(31(39)35-26-8-4-3-5-9-26)36(20-22-11-15-25(34)16-12-22)30(38)21-37(27-10-6-7-24(33)19-27)42(40,41)28-17-13-23(32)14-18-28/h6-7,10-19,26,29H,2-5,8-9,20-21H2,1H3,(H,35,39)/t29-/m0/s1. The van der Waals surface area contributed by atoms with E-state index in [1.54, 1.807) is 37.3 Å². The van der Waals surface area contributed by atoms with Crippen molar-refractivity contribution in [3.63, 3.8) is 0 Å². The van der Waals surface area contributed by atoms with Crippen molar-refractivity contribution in [3.05, 3.63) is 94.2 Å². The predicted octanol–water partition coefficient (Wildman–Crippen LogP) is 6.58. The van der Waals surface area contributed by atoms with Crippen LogP contribution in [-0.4, -0.2) is 43.8 Å². The van der Waals surface area contributed by atoms with Crippen LogP contribution in [0.4, 0.5) is 10.1 Å². The van der Waals surface area contributed by atoms with E-state index in [0.29, 0.717) is 17.0 Å². The first kappa shape index (κ1) is 31.8. The van der Waals surface area contributed by atoms with E-state index in [-0.39, 0.29) is 34.1 Å². The molecule has 0 unspecified atom stereocenters. The van der Waals surface area contributed by atoms with E-state index in [2.05, 4.69) is 5.32 Å². The number of hydrogen-bond donors (Lipinski definition) is 1. The summed E-state index contributed by atoms with van der Waals surface area (Å²) in [6.07, 6.45) is 5.22. The first-order chi connectivity index (χ1) is 20.1. The van der Waals surface area contributed by atoms with E-state index in [1.807, 2.05) is 0 Å². The molecule has 0 heterocycles. The lowest BCUT2D eigenvalue weighted by Crippen LogP contribution is -2.54. The SMILES string of the molecule is CC[C@@H](C(=O)NC1CCCCC1)N(Cc1ccc(F)cc1)C(=O)CN(c1cccc(Cl)c1)S(=O)(=O)c1ccc(Cl)cc1. The molecule has 1 N–H and O–H groups in total. The highest BCUT2D eigenvalue weighted by atomic mass is 35.5. The molecule has 0 saturated heterocycles. The third-order valence-electron chi connectivity index (χ3n) is 7.38. The zero-order valence-electron chi connectivity index (χ0n) is 23.3. The summed E-state index contributed by atoms with van der Waals surface area (Å²) >= 11 is 12.2. The van der Waals surface area contributed by atoms with Gasteiger partial charge < -0.3 is 10.2 Å². The molecule has 1 aliphatic rings. The summed E-state index contributed by atoms with van der Waals surface area (Å²) < 4.78 is 42.4. The van der Waals surface area contributed by atoms with Gasteiger partial charge in [-0.05, 0) is 79.4 Å². The van der Waals surface area contributed by atoms with Gasteiger partial charge in [0.15, 0.2) is 0 Å². The van der Waals surface area contributed by atoms with Gasteiger partial charge in [0, 0.05) is 22.6 Å². The van der Waals surface area contributed by atoms with E-state index in [4.69, 9.17) is 23.2 Å². The summed E-state index contributed by atoms with van der Waals surface area (Å²) in [5, 5.41) is 3.75. The average molecular weight is 635 g/mol. The minimum atomic E-state index is -4.25. The van der Waals surface area contributed by atoms with Gasteiger partial charge in [-0.3, -0.25) is 13.9 Å². The Morgan fingerprint density at radius 1 is 0.952 bits per heavy atom. The largest absolute Gasteiger partial charge is 0.352 e. The van der Waals surface area contributed by atoms with Crippen molar-refractivity contribution < 1.29 is 22.4 Å². The Bertz CT molecular complexity index is 1480. The average Bonchev–Trinajstić information content (AvgIpc) is 2.97. The van der Waals surface area contributed by atoms with Gasteiger partial charge >= 0.3 is 0 Å². The lowest BCUT2D eigenvalue weighted by Gasteiger charge is -2.34. The molecule has 1 aliphatic carbocycles. The number of nitrogens with zero attached hydrogens (tertiary/aromatic N) is 2. The minimum Gasteiger partial charge on any atom is -0.352 e. The summed E-state index contributed by atoms with van der Waals surface area (Å²) in [5.41, 5.74) is 0.788. The lowest BCUT2D eigenvalue weighted by molar-refractivity contribution is -0.140. The Labute approximate surface area is 256 Å². The number of benzene rings is 3. The van der Waals surface area contributed by atoms with E-state index in [1.165, 1.54) is 47.4 Å². The van der Waals surface area contributed by atoms with Crippen molar-refractivity contribution in [1.82, 2.24) is 10.2 Å². The fraction of sp³-hybridized carbons (Fsp3) is 0.355. The Hall–Kier alpha value is -3.14. The van der Waals surface area contributed by atoms with Crippen LogP contribution in [0.3, 0.4) is 0 Å². The summed E-state index contributed by atoms with van der Waals surface area (Å²) in [5.74, 6) is -1.32. The van der Waals surface area contributed by atoms with Gasteiger partial charge in [0.1, 0.15) is 18.4 Å². The predicted molar refractivity (Wildman–Crippen MR) is 163 cm³/mol. The van der Waals surface area contributed by atoms with Gasteiger partial charge in [0.2, 0.25) is 11.8 Å². The number of nitrogens with one attached hydrogen (secondary N) is 1. The monoisotopic (exact) mass is 633 g/mol. The molecule has 1 atom stereocenters. The maximum absolute atomic E-state index is 14.1. The molecule has 42 heavy (non-hydrogen) atoms. The molecule has 0 spiro atoms. The molecule has 2 amide bonds. The fourth-order valence-electron chi connectivity index (χ4n) is 5.14. The number of hydrogen-bond acceptors (Lipinski definition) is 4. The highest BCUT2D eigenvalue weighted by molar-refractivity contribution is 7.92. The van der Waals surface area contributed by atoms with E-state index in [9.17, 15) is 22.4 Å². The van der Waals surface area contributed by atoms with Gasteiger partial charge in [0.05, 0.1) is 10.6 Å². The van der Waals surface area contributed by atoms with Crippen LogP contribution in [0.5, 0.6) is 0 Å². The fourth-order valence-corrected chi connectivity index (χ4v) is 6.86. The van der Waals surface area contributed by atoms with E-state index < -0.39 is 34.3 Å². The maximum Gasteiger partial charge on any atom is 0.264 e. The van der Waals surface area contributed by atoms with Gasteiger partial charge in [0.25, 0.3) is 10.0 Å². The summed E-state index contributed by atoms with van der Waals surface area (Å²) in [7, 11) is -4.25. The van der Waals surface area contributed by atoms with Gasteiger partial charge in [-0.15, -0.1) is 0 Å². The quantitative estimate of drug-likeness (QED) is 0.258. The normalized spacial score (nSPS) is 14.7. The second-order valence-electron chi connectivity index (χ2n) is 10.4. The highest BCUT2D eigenvalue weighted by Crippen LogP contribution is 2.28. The number of carbonyl (C=O) groups is 2. The summed E-state index contributed by atoms with van der Waals surface area (Å²) in [4.78, 5) is 29.0. The van der Waals surface area contributed by atoms with Crippen LogP contribution >= 0.6 is 23.2 Å². The molecule has 0 aliphatic heterocycles. The molecular weight excluding hydrogens is 600 g/mol. The Kier molecular flexibility index (Phi) is 10.9. The molecule has 3 aromatic carbocycles. The number of halogens is 3. The van der Waals surface area contributed by atoms with Crippen molar-refractivity contribution in [2.45, 2.75) is 69.0 Å². The van der Waals surface area contributed by atoms with Crippen LogP contribution in [0.25, 0.3) is 0 Å². The number of amides is 2. The van der Waals surface area contributed by atoms with Crippen molar-refractivity contribution >= 4 is 50.7 Å². The summed E-state index contributed by atoms with van der Waals surface area (Å²) in [6.45, 7) is 1.19. The second-order valence-corrected chi connectivity index (χ2v) is 13.1. The van der Waals surface area contributed by atoms with E-state index >= 15 is 0 Å². The molecule has 3 aromatic rings. The molecule has 0 radical (unpaired) electrons. The molecule has 224 valence electrons. The van der Waals surface area contributed by atoms with Crippen LogP contribution in [-0.2, 0) is 26.2 Å². The molecule has 0 bridgehead atoms. The minimum absolute atomic E-state index is 0.0138. The molecule has 1 saturated carbocycles. The third-order valence-corrected chi connectivity index (χ3v) is 9.66. The summed E-state index contributed by atoms with van der Waals surface area (Å²) in [6, 6.07) is 16.6. The van der Waals surface area contributed by atoms with Gasteiger partial charge in [-0.1, -0.05) is 67.6 Å². The van der Waals surface area contributed by atoms with E-state index in [0.717, 1.165) is 36.4 Å². The topological polar surface area (TPSA) is 86.8 Å². The molecule has 1 fully saturated rings. The molecule has 0 aromatic heterocycles. The second kappa shape index (κ2) is 14.4. The Morgan fingerprint density at radius 2 is 1.62 bits per heavy atom. The number of anilines is 1. The molecular formula is C31H34Cl2FN3O4S. The number of carbonyl (C=O) groups excluding carboxylic acids is 2. The third kappa shape index (κ3) is 8.02. The zero-order chi connectivity index (χ0) is 30.3. The number of rotatable bonds is 11. The van der Waals surface area contributed by atoms with Crippen molar-refractivity contribution in [2.24, 2.45) is 0 Å². The smallest absolute Gasteiger partial charge is 0.264 e. The Morgan fingerprint density at radius 3 is 2.24 bits per heavy atom. The Balaban J connectivity index is 1.70. The first-order valence-electron chi connectivity index (χ1n) is 14.0. The number of sulfonamides is 1. The van der Waals surface area contributed by atoms with Gasteiger partial charge in [-0.2, -0.15) is 0 Å². The van der Waals surface area contributed by atoms with Gasteiger partial charge in [-0.25, -0.2) is 12.8 Å². The van der Waals surface area contributed by atoms with Crippen LogP contribution in [0.1, 0.15) is 51.0 Å². The first-order valence-corrected chi connectivity index (χ1v) is 16.2.